The fraction of sp³-hybridized carbons (Fsp3) is 0.423. The van der Waals surface area contributed by atoms with E-state index < -0.39 is 17.7 Å². The summed E-state index contributed by atoms with van der Waals surface area (Å²) in [6.07, 6.45) is 2.98. The van der Waals surface area contributed by atoms with Gasteiger partial charge >= 0.3 is 0 Å². The molecular weight excluding hydrogens is 454 g/mol. The number of carbonyl (C=O) groups is 1. The fourth-order valence-electron chi connectivity index (χ4n) is 4.05. The summed E-state index contributed by atoms with van der Waals surface area (Å²) in [4.78, 5) is 26.4. The van der Waals surface area contributed by atoms with E-state index in [2.05, 4.69) is 16.8 Å². The van der Waals surface area contributed by atoms with Gasteiger partial charge in [0.1, 0.15) is 17.7 Å². The van der Waals surface area contributed by atoms with E-state index in [1.807, 2.05) is 0 Å². The quantitative estimate of drug-likeness (QED) is 0.459. The minimum Gasteiger partial charge on any atom is -0.486 e. The molecule has 0 bridgehead atoms. The number of hydrogen-bond acceptors (Lipinski definition) is 6. The van der Waals surface area contributed by atoms with Gasteiger partial charge in [-0.2, -0.15) is 0 Å². The molecule has 0 spiro atoms. The maximum absolute atomic E-state index is 13.8. The Balaban J connectivity index is 1.74. The van der Waals surface area contributed by atoms with Crippen molar-refractivity contribution in [3.05, 3.63) is 59.3 Å². The van der Waals surface area contributed by atoms with Crippen molar-refractivity contribution >= 4 is 22.8 Å². The molecule has 35 heavy (non-hydrogen) atoms. The highest BCUT2D eigenvalue weighted by Gasteiger charge is 2.22. The van der Waals surface area contributed by atoms with Crippen LogP contribution in [0.15, 0.2) is 36.5 Å². The van der Waals surface area contributed by atoms with Crippen molar-refractivity contribution in [3.8, 4) is 5.75 Å². The standard InChI is InChI=1S/C26H30F2N4O3/c1-4-5-8-31(3)26(33)18-13-20(17(2)35-19-6-7-21(27)22(28)15-19)25-23(14-18)29-16-24(30-25)32-9-11-34-12-10-32/h6-7,13-17H,4-5,8-12H2,1-3H3. The Morgan fingerprint density at radius 1 is 1.20 bits per heavy atom. The minimum absolute atomic E-state index is 0.124. The zero-order chi connectivity index (χ0) is 24.9. The number of rotatable bonds is 8. The van der Waals surface area contributed by atoms with Gasteiger partial charge in [0, 0.05) is 43.9 Å². The second kappa shape index (κ2) is 10.9. The molecule has 0 saturated carbocycles. The Kier molecular flexibility index (Phi) is 7.75. The van der Waals surface area contributed by atoms with Gasteiger partial charge < -0.3 is 19.3 Å². The maximum Gasteiger partial charge on any atom is 0.253 e. The number of benzene rings is 2. The summed E-state index contributed by atoms with van der Waals surface area (Å²) in [5, 5.41) is 0. The van der Waals surface area contributed by atoms with Crippen molar-refractivity contribution in [2.24, 2.45) is 0 Å². The number of morpholine rings is 1. The molecule has 0 radical (unpaired) electrons. The Morgan fingerprint density at radius 3 is 2.69 bits per heavy atom. The molecule has 1 saturated heterocycles. The Bertz CT molecular complexity index is 1200. The summed E-state index contributed by atoms with van der Waals surface area (Å²) >= 11 is 0. The van der Waals surface area contributed by atoms with Crippen molar-refractivity contribution in [2.75, 3.05) is 44.8 Å². The van der Waals surface area contributed by atoms with Crippen LogP contribution < -0.4 is 9.64 Å². The molecule has 2 aromatic carbocycles. The number of anilines is 1. The number of halogens is 2. The molecule has 0 aliphatic carbocycles. The third-order valence-corrected chi connectivity index (χ3v) is 6.08. The number of ether oxygens (including phenoxy) is 2. The molecule has 0 N–H and O–H groups in total. The van der Waals surface area contributed by atoms with E-state index in [9.17, 15) is 13.6 Å². The smallest absolute Gasteiger partial charge is 0.253 e. The van der Waals surface area contributed by atoms with E-state index >= 15 is 0 Å². The van der Waals surface area contributed by atoms with Gasteiger partial charge in [0.15, 0.2) is 11.6 Å². The summed E-state index contributed by atoms with van der Waals surface area (Å²) < 4.78 is 38.5. The first kappa shape index (κ1) is 24.8. The van der Waals surface area contributed by atoms with Crippen LogP contribution in [-0.4, -0.2) is 60.7 Å². The molecule has 2 heterocycles. The van der Waals surface area contributed by atoms with Gasteiger partial charge in [0.2, 0.25) is 0 Å². The van der Waals surface area contributed by atoms with Gasteiger partial charge in [-0.15, -0.1) is 0 Å². The molecular formula is C26H30F2N4O3. The molecule has 3 aromatic rings. The summed E-state index contributed by atoms with van der Waals surface area (Å²) in [6, 6.07) is 6.90. The monoisotopic (exact) mass is 484 g/mol. The maximum atomic E-state index is 13.8. The summed E-state index contributed by atoms with van der Waals surface area (Å²) in [5.74, 6) is -1.17. The number of unbranched alkanes of at least 4 members (excludes halogenated alkanes) is 1. The summed E-state index contributed by atoms with van der Waals surface area (Å²) in [7, 11) is 1.77. The topological polar surface area (TPSA) is 67.8 Å². The van der Waals surface area contributed by atoms with E-state index in [1.54, 1.807) is 37.2 Å². The molecule has 1 atom stereocenters. The molecule has 1 amide bonds. The van der Waals surface area contributed by atoms with Gasteiger partial charge in [-0.05, 0) is 37.6 Å². The minimum atomic E-state index is -0.990. The van der Waals surface area contributed by atoms with Gasteiger partial charge in [-0.25, -0.2) is 13.8 Å². The van der Waals surface area contributed by atoms with E-state index in [4.69, 9.17) is 14.5 Å². The van der Waals surface area contributed by atoms with Crippen molar-refractivity contribution < 1.29 is 23.0 Å². The average molecular weight is 485 g/mol. The lowest BCUT2D eigenvalue weighted by atomic mass is 10.0. The molecule has 1 fully saturated rings. The predicted octanol–water partition coefficient (Wildman–Crippen LogP) is 4.76. The van der Waals surface area contributed by atoms with Crippen LogP contribution in [0.1, 0.15) is 48.7 Å². The zero-order valence-corrected chi connectivity index (χ0v) is 20.3. The molecule has 186 valence electrons. The number of carbonyl (C=O) groups excluding carboxylic acids is 1. The van der Waals surface area contributed by atoms with E-state index in [1.165, 1.54) is 6.07 Å². The van der Waals surface area contributed by atoms with Crippen LogP contribution in [0.3, 0.4) is 0 Å². The highest BCUT2D eigenvalue weighted by atomic mass is 19.2. The first-order valence-electron chi connectivity index (χ1n) is 11.9. The second-order valence-electron chi connectivity index (χ2n) is 8.68. The molecule has 1 aliphatic rings. The van der Waals surface area contributed by atoms with Crippen LogP contribution in [0.4, 0.5) is 14.6 Å². The van der Waals surface area contributed by atoms with Gasteiger partial charge in [0.05, 0.1) is 30.4 Å². The number of amides is 1. The molecule has 9 heteroatoms. The lowest BCUT2D eigenvalue weighted by Gasteiger charge is -2.28. The van der Waals surface area contributed by atoms with Crippen LogP contribution in [0.25, 0.3) is 11.0 Å². The fourth-order valence-corrected chi connectivity index (χ4v) is 4.05. The van der Waals surface area contributed by atoms with E-state index in [0.717, 1.165) is 25.0 Å². The lowest BCUT2D eigenvalue weighted by molar-refractivity contribution is 0.0793. The summed E-state index contributed by atoms with van der Waals surface area (Å²) in [5.41, 5.74) is 2.27. The van der Waals surface area contributed by atoms with Crippen molar-refractivity contribution in [1.82, 2.24) is 14.9 Å². The molecule has 1 unspecified atom stereocenters. The highest BCUT2D eigenvalue weighted by Crippen LogP contribution is 2.30. The Hall–Kier alpha value is -3.33. The second-order valence-corrected chi connectivity index (χ2v) is 8.68. The number of nitrogens with zero attached hydrogens (tertiary/aromatic N) is 4. The van der Waals surface area contributed by atoms with Gasteiger partial charge in [-0.3, -0.25) is 9.78 Å². The van der Waals surface area contributed by atoms with Crippen LogP contribution in [-0.2, 0) is 4.74 Å². The van der Waals surface area contributed by atoms with Crippen molar-refractivity contribution in [2.45, 2.75) is 32.8 Å². The number of hydrogen-bond donors (Lipinski definition) is 0. The zero-order valence-electron chi connectivity index (χ0n) is 20.3. The SMILES string of the molecule is CCCCN(C)C(=O)c1cc(C(C)Oc2ccc(F)c(F)c2)c2nc(N3CCOCC3)cnc2c1. The van der Waals surface area contributed by atoms with Gasteiger partial charge in [-0.1, -0.05) is 13.3 Å². The van der Waals surface area contributed by atoms with Crippen LogP contribution in [0, 0.1) is 11.6 Å². The first-order chi connectivity index (χ1) is 16.9. The highest BCUT2D eigenvalue weighted by molar-refractivity contribution is 5.98. The molecule has 1 aromatic heterocycles. The van der Waals surface area contributed by atoms with Crippen molar-refractivity contribution in [1.29, 1.82) is 0 Å². The summed E-state index contributed by atoms with van der Waals surface area (Å²) in [6.45, 7) is 7.13. The normalized spacial score (nSPS) is 14.7. The number of aromatic nitrogens is 2. The lowest BCUT2D eigenvalue weighted by Crippen LogP contribution is -2.36. The Morgan fingerprint density at radius 2 is 1.97 bits per heavy atom. The van der Waals surface area contributed by atoms with Crippen LogP contribution >= 0.6 is 0 Å². The van der Waals surface area contributed by atoms with Gasteiger partial charge in [0.25, 0.3) is 5.91 Å². The third-order valence-electron chi connectivity index (χ3n) is 6.08. The van der Waals surface area contributed by atoms with Crippen LogP contribution in [0.5, 0.6) is 5.75 Å². The largest absolute Gasteiger partial charge is 0.486 e. The third kappa shape index (κ3) is 5.67. The van der Waals surface area contributed by atoms with E-state index in [0.29, 0.717) is 60.8 Å². The molecule has 7 nitrogen and oxygen atoms in total. The molecule has 4 rings (SSSR count). The van der Waals surface area contributed by atoms with Crippen LogP contribution in [0.2, 0.25) is 0 Å². The Labute approximate surface area is 203 Å². The van der Waals surface area contributed by atoms with E-state index in [-0.39, 0.29) is 11.7 Å². The predicted molar refractivity (Wildman–Crippen MR) is 130 cm³/mol. The number of fused-ring (bicyclic) bond motifs is 1. The van der Waals surface area contributed by atoms with Crippen molar-refractivity contribution in [3.63, 3.8) is 0 Å². The molecule has 1 aliphatic heterocycles. The first-order valence-corrected chi connectivity index (χ1v) is 11.9. The average Bonchev–Trinajstić information content (AvgIpc) is 2.88.